The van der Waals surface area contributed by atoms with Crippen LogP contribution in [-0.2, 0) is 14.8 Å². The van der Waals surface area contributed by atoms with Crippen LogP contribution in [0, 0.1) is 6.92 Å². The Bertz CT molecular complexity index is 1740. The zero-order valence-corrected chi connectivity index (χ0v) is 25.4. The summed E-state index contributed by atoms with van der Waals surface area (Å²) >= 11 is 6.44. The number of para-hydroxylation sites is 1. The van der Waals surface area contributed by atoms with Gasteiger partial charge in [0.15, 0.2) is 5.82 Å². The number of anilines is 4. The molecular weight excluding hydrogens is 592 g/mol. The average Bonchev–Trinajstić information content (AvgIpc) is 3.03. The molecule has 1 saturated heterocycles. The predicted molar refractivity (Wildman–Crippen MR) is 166 cm³/mol. The van der Waals surface area contributed by atoms with Crippen LogP contribution in [0.4, 0.5) is 23.1 Å². The molecule has 5 rings (SSSR count). The van der Waals surface area contributed by atoms with Crippen LogP contribution in [0.15, 0.2) is 71.8 Å². The lowest BCUT2D eigenvalue weighted by molar-refractivity contribution is 0.0730. The van der Waals surface area contributed by atoms with E-state index < -0.39 is 10.0 Å². The maximum Gasteiger partial charge on any atom is 0.251 e. The van der Waals surface area contributed by atoms with E-state index in [1.54, 1.807) is 50.6 Å². The number of hydrogen-bond donors (Lipinski definition) is 3. The Kier molecular flexibility index (Phi) is 9.11. The van der Waals surface area contributed by atoms with Gasteiger partial charge in [-0.25, -0.2) is 13.4 Å². The first-order valence-corrected chi connectivity index (χ1v) is 15.3. The standard InChI is InChI=1S/C30H31ClN6O5S/c1-19-16-25(26(41-3)17-22(19)20-8-10-21(11-9-20)29(38)32-2)35-30-33-18-23(31)28(36-30)34-24-6-4-5-7-27(24)43(39,40)37-12-14-42-15-13-37/h4-11,16-18H,12-15H2,1-3H3,(H,32,38)(H2,33,34,35,36). The van der Waals surface area contributed by atoms with E-state index in [0.29, 0.717) is 35.9 Å². The number of methoxy groups -OCH3 is 1. The van der Waals surface area contributed by atoms with Crippen LogP contribution in [0.25, 0.3) is 11.1 Å². The summed E-state index contributed by atoms with van der Waals surface area (Å²) in [7, 11) is -0.622. The Balaban J connectivity index is 1.41. The van der Waals surface area contributed by atoms with Crippen molar-refractivity contribution in [1.29, 1.82) is 0 Å². The van der Waals surface area contributed by atoms with E-state index in [1.165, 1.54) is 10.5 Å². The molecule has 1 amide bonds. The third-order valence-electron chi connectivity index (χ3n) is 6.95. The second-order valence-corrected chi connectivity index (χ2v) is 12.0. The van der Waals surface area contributed by atoms with Gasteiger partial charge in [-0.3, -0.25) is 4.79 Å². The summed E-state index contributed by atoms with van der Waals surface area (Å²) in [6.07, 6.45) is 1.43. The Morgan fingerprint density at radius 1 is 1.02 bits per heavy atom. The second-order valence-electron chi connectivity index (χ2n) is 9.68. The Morgan fingerprint density at radius 3 is 2.44 bits per heavy atom. The van der Waals surface area contributed by atoms with Crippen molar-refractivity contribution in [2.45, 2.75) is 11.8 Å². The fourth-order valence-corrected chi connectivity index (χ4v) is 6.39. The van der Waals surface area contributed by atoms with E-state index in [1.807, 2.05) is 31.2 Å². The molecule has 13 heteroatoms. The highest BCUT2D eigenvalue weighted by molar-refractivity contribution is 7.89. The maximum absolute atomic E-state index is 13.4. The molecule has 4 aromatic rings. The van der Waals surface area contributed by atoms with Gasteiger partial charge in [-0.05, 0) is 60.0 Å². The van der Waals surface area contributed by atoms with Gasteiger partial charge in [0.1, 0.15) is 15.7 Å². The molecular formula is C30H31ClN6O5S. The number of benzene rings is 3. The zero-order chi connectivity index (χ0) is 30.6. The predicted octanol–water partition coefficient (Wildman–Crippen LogP) is 4.98. The lowest BCUT2D eigenvalue weighted by Gasteiger charge is -2.27. The third-order valence-corrected chi connectivity index (χ3v) is 9.18. The summed E-state index contributed by atoms with van der Waals surface area (Å²) in [5, 5.41) is 9.10. The lowest BCUT2D eigenvalue weighted by Crippen LogP contribution is -2.40. The molecule has 0 radical (unpaired) electrons. The van der Waals surface area contributed by atoms with Crippen molar-refractivity contribution in [3.8, 4) is 16.9 Å². The lowest BCUT2D eigenvalue weighted by atomic mass is 9.98. The van der Waals surface area contributed by atoms with Crippen LogP contribution >= 0.6 is 11.6 Å². The number of nitrogens with zero attached hydrogens (tertiary/aromatic N) is 3. The van der Waals surface area contributed by atoms with Crippen molar-refractivity contribution in [2.75, 3.05) is 51.1 Å². The first kappa shape index (κ1) is 30.2. The number of rotatable bonds is 9. The molecule has 1 aliphatic rings. The molecule has 0 saturated carbocycles. The van der Waals surface area contributed by atoms with E-state index in [2.05, 4.69) is 25.9 Å². The van der Waals surface area contributed by atoms with E-state index in [9.17, 15) is 13.2 Å². The largest absolute Gasteiger partial charge is 0.495 e. The normalized spacial score (nSPS) is 13.8. The summed E-state index contributed by atoms with van der Waals surface area (Å²) in [6, 6.07) is 17.7. The fraction of sp³-hybridized carbons (Fsp3) is 0.233. The number of aromatic nitrogens is 2. The number of hydrogen-bond acceptors (Lipinski definition) is 9. The number of aryl methyl sites for hydroxylation is 1. The second kappa shape index (κ2) is 13.0. The third kappa shape index (κ3) is 6.57. The minimum atomic E-state index is -3.78. The van der Waals surface area contributed by atoms with Gasteiger partial charge in [0.05, 0.1) is 37.9 Å². The minimum Gasteiger partial charge on any atom is -0.495 e. The van der Waals surface area contributed by atoms with Crippen molar-refractivity contribution in [3.63, 3.8) is 0 Å². The molecule has 0 unspecified atom stereocenters. The number of sulfonamides is 1. The number of amides is 1. The number of morpholine rings is 1. The van der Waals surface area contributed by atoms with Crippen molar-refractivity contribution >= 4 is 50.7 Å². The molecule has 2 heterocycles. The summed E-state index contributed by atoms with van der Waals surface area (Å²) in [5.74, 6) is 0.846. The van der Waals surface area contributed by atoms with E-state index in [0.717, 1.165) is 16.7 Å². The number of carbonyl (C=O) groups is 1. The summed E-state index contributed by atoms with van der Waals surface area (Å²) in [4.78, 5) is 20.9. The molecule has 0 aliphatic carbocycles. The Hall–Kier alpha value is -4.23. The highest BCUT2D eigenvalue weighted by Gasteiger charge is 2.29. The minimum absolute atomic E-state index is 0.109. The number of ether oxygens (including phenoxy) is 2. The summed E-state index contributed by atoms with van der Waals surface area (Å²) in [5.41, 5.74) is 4.33. The van der Waals surface area contributed by atoms with Gasteiger partial charge in [-0.1, -0.05) is 35.9 Å². The van der Waals surface area contributed by atoms with Crippen LogP contribution in [0.3, 0.4) is 0 Å². The van der Waals surface area contributed by atoms with Gasteiger partial charge in [0, 0.05) is 25.7 Å². The maximum atomic E-state index is 13.4. The summed E-state index contributed by atoms with van der Waals surface area (Å²) < 4.78 is 39.2. The molecule has 1 aromatic heterocycles. The van der Waals surface area contributed by atoms with E-state index in [-0.39, 0.29) is 40.7 Å². The van der Waals surface area contributed by atoms with E-state index >= 15 is 0 Å². The fourth-order valence-electron chi connectivity index (χ4n) is 4.70. The molecule has 0 spiro atoms. The van der Waals surface area contributed by atoms with Crippen molar-refractivity contribution < 1.29 is 22.7 Å². The van der Waals surface area contributed by atoms with Crippen LogP contribution in [0.5, 0.6) is 5.75 Å². The van der Waals surface area contributed by atoms with Crippen LogP contribution in [0.1, 0.15) is 15.9 Å². The van der Waals surface area contributed by atoms with Gasteiger partial charge < -0.3 is 25.4 Å². The van der Waals surface area contributed by atoms with Gasteiger partial charge in [0.25, 0.3) is 5.91 Å². The highest BCUT2D eigenvalue weighted by Crippen LogP contribution is 2.36. The molecule has 0 bridgehead atoms. The van der Waals surface area contributed by atoms with Crippen molar-refractivity contribution in [3.05, 3.63) is 83.0 Å². The average molecular weight is 623 g/mol. The number of halogens is 1. The summed E-state index contributed by atoms with van der Waals surface area (Å²) in [6.45, 7) is 3.21. The Morgan fingerprint density at radius 2 is 1.74 bits per heavy atom. The topological polar surface area (TPSA) is 135 Å². The van der Waals surface area contributed by atoms with Crippen LogP contribution in [-0.4, -0.2) is 69.1 Å². The monoisotopic (exact) mass is 622 g/mol. The molecule has 43 heavy (non-hydrogen) atoms. The smallest absolute Gasteiger partial charge is 0.251 e. The molecule has 224 valence electrons. The van der Waals surface area contributed by atoms with Crippen LogP contribution < -0.4 is 20.7 Å². The molecule has 3 N–H and O–H groups in total. The highest BCUT2D eigenvalue weighted by atomic mass is 35.5. The van der Waals surface area contributed by atoms with Crippen LogP contribution in [0.2, 0.25) is 5.02 Å². The van der Waals surface area contributed by atoms with Crippen molar-refractivity contribution in [1.82, 2.24) is 19.6 Å². The van der Waals surface area contributed by atoms with Gasteiger partial charge in [-0.15, -0.1) is 0 Å². The van der Waals surface area contributed by atoms with Gasteiger partial charge >= 0.3 is 0 Å². The SMILES string of the molecule is CNC(=O)c1ccc(-c2cc(OC)c(Nc3ncc(Cl)c(Nc4ccccc4S(=O)(=O)N4CCOCC4)n3)cc2C)cc1. The molecule has 1 aliphatic heterocycles. The van der Waals surface area contributed by atoms with Gasteiger partial charge in [0.2, 0.25) is 16.0 Å². The molecule has 0 atom stereocenters. The Labute approximate surface area is 255 Å². The zero-order valence-electron chi connectivity index (χ0n) is 23.8. The number of carbonyl (C=O) groups excluding carboxylic acids is 1. The quantitative estimate of drug-likeness (QED) is 0.236. The van der Waals surface area contributed by atoms with Crippen molar-refractivity contribution in [2.24, 2.45) is 0 Å². The first-order valence-electron chi connectivity index (χ1n) is 13.5. The number of nitrogens with one attached hydrogen (secondary N) is 3. The molecule has 1 fully saturated rings. The molecule has 11 nitrogen and oxygen atoms in total. The first-order chi connectivity index (χ1) is 20.7. The molecule has 3 aromatic carbocycles. The van der Waals surface area contributed by atoms with E-state index in [4.69, 9.17) is 21.1 Å². The van der Waals surface area contributed by atoms with Gasteiger partial charge in [-0.2, -0.15) is 9.29 Å².